The molecular formula is C17H32N2. The normalized spacial score (nSPS) is 18.1. The maximum Gasteiger partial charge on any atom is 0.0366 e. The highest BCUT2D eigenvalue weighted by Crippen LogP contribution is 2.32. The number of likely N-dealkylation sites (tertiary alicyclic amines) is 1. The zero-order valence-corrected chi connectivity index (χ0v) is 13.4. The molecule has 1 saturated heterocycles. The Labute approximate surface area is 120 Å². The molecule has 0 bridgehead atoms. The van der Waals surface area contributed by atoms with Crippen LogP contribution in [-0.2, 0) is 0 Å². The van der Waals surface area contributed by atoms with Crippen LogP contribution in [0.5, 0.6) is 0 Å². The monoisotopic (exact) mass is 264 g/mol. The fraction of sp³-hybridized carbons (Fsp3) is 0.882. The highest BCUT2D eigenvalue weighted by Gasteiger charge is 2.41. The first kappa shape index (κ1) is 16.5. The van der Waals surface area contributed by atoms with Crippen LogP contribution in [0.2, 0.25) is 0 Å². The lowest BCUT2D eigenvalue weighted by Crippen LogP contribution is -2.60. The third-order valence-electron chi connectivity index (χ3n) is 4.73. The van der Waals surface area contributed by atoms with Crippen LogP contribution >= 0.6 is 0 Å². The first-order valence-electron chi connectivity index (χ1n) is 8.13. The minimum absolute atomic E-state index is 0.301. The molecule has 2 heteroatoms. The summed E-state index contributed by atoms with van der Waals surface area (Å²) in [5.41, 5.74) is 0.301. The molecule has 0 aromatic carbocycles. The van der Waals surface area contributed by atoms with Gasteiger partial charge in [-0.15, -0.1) is 11.8 Å². The van der Waals surface area contributed by atoms with Crippen molar-refractivity contribution in [2.75, 3.05) is 19.6 Å². The summed E-state index contributed by atoms with van der Waals surface area (Å²) in [6.07, 6.45) is 7.34. The zero-order chi connectivity index (χ0) is 14.1. The molecule has 1 aliphatic rings. The van der Waals surface area contributed by atoms with Crippen molar-refractivity contribution >= 4 is 0 Å². The predicted octanol–water partition coefficient (Wildman–Crippen LogP) is 3.42. The van der Waals surface area contributed by atoms with E-state index in [0.29, 0.717) is 11.6 Å². The second kappa shape index (κ2) is 8.61. The van der Waals surface area contributed by atoms with E-state index in [-0.39, 0.29) is 0 Å². The number of hydrogen-bond acceptors (Lipinski definition) is 2. The molecule has 0 radical (unpaired) electrons. The third kappa shape index (κ3) is 3.97. The number of hydrogen-bond donors (Lipinski definition) is 1. The first-order chi connectivity index (χ1) is 9.25. The topological polar surface area (TPSA) is 15.3 Å². The molecule has 0 aliphatic carbocycles. The molecule has 1 N–H and O–H groups in total. The van der Waals surface area contributed by atoms with Crippen LogP contribution in [0.1, 0.15) is 66.2 Å². The smallest absolute Gasteiger partial charge is 0.0366 e. The largest absolute Gasteiger partial charge is 0.311 e. The van der Waals surface area contributed by atoms with Gasteiger partial charge in [-0.05, 0) is 58.7 Å². The lowest BCUT2D eigenvalue weighted by atomic mass is 9.81. The molecule has 0 aromatic rings. The summed E-state index contributed by atoms with van der Waals surface area (Å²) in [5.74, 6) is 6.39. The summed E-state index contributed by atoms with van der Waals surface area (Å²) in [7, 11) is 0. The molecule has 110 valence electrons. The molecular weight excluding hydrogens is 232 g/mol. The Morgan fingerprint density at radius 1 is 1.16 bits per heavy atom. The van der Waals surface area contributed by atoms with E-state index in [1.54, 1.807) is 0 Å². The van der Waals surface area contributed by atoms with Crippen molar-refractivity contribution in [3.05, 3.63) is 0 Å². The second-order valence-corrected chi connectivity index (χ2v) is 5.64. The van der Waals surface area contributed by atoms with Crippen molar-refractivity contribution in [3.63, 3.8) is 0 Å². The molecule has 1 heterocycles. The van der Waals surface area contributed by atoms with Crippen LogP contribution < -0.4 is 5.32 Å². The van der Waals surface area contributed by atoms with E-state index in [1.165, 1.54) is 45.2 Å². The molecule has 1 fully saturated rings. The Balaban J connectivity index is 2.89. The van der Waals surface area contributed by atoms with Crippen LogP contribution in [0.4, 0.5) is 0 Å². The number of nitrogens with zero attached hydrogens (tertiary/aromatic N) is 1. The molecule has 19 heavy (non-hydrogen) atoms. The maximum atomic E-state index is 3.78. The lowest BCUT2D eigenvalue weighted by Gasteiger charge is -2.47. The molecule has 1 unspecified atom stereocenters. The van der Waals surface area contributed by atoms with E-state index in [2.05, 4.69) is 42.8 Å². The Hall–Kier alpha value is -0.520. The highest BCUT2D eigenvalue weighted by molar-refractivity contribution is 5.07. The van der Waals surface area contributed by atoms with Gasteiger partial charge < -0.3 is 5.32 Å². The molecule has 0 amide bonds. The van der Waals surface area contributed by atoms with Gasteiger partial charge in [0.05, 0.1) is 0 Å². The standard InChI is InChI=1S/C17H32N2/c1-5-9-12-16(18-13-6-2)17(7-3,8-4)19-14-10-11-15-19/h16,18H,6-8,10-15H2,1-4H3. The van der Waals surface area contributed by atoms with Crippen molar-refractivity contribution < 1.29 is 0 Å². The third-order valence-corrected chi connectivity index (χ3v) is 4.73. The maximum absolute atomic E-state index is 3.78. The fourth-order valence-corrected chi connectivity index (χ4v) is 3.55. The van der Waals surface area contributed by atoms with Gasteiger partial charge in [-0.2, -0.15) is 0 Å². The average Bonchev–Trinajstić information content (AvgIpc) is 2.97. The molecule has 1 aliphatic heterocycles. The Morgan fingerprint density at radius 3 is 2.26 bits per heavy atom. The summed E-state index contributed by atoms with van der Waals surface area (Å²) in [4.78, 5) is 2.73. The van der Waals surface area contributed by atoms with Gasteiger partial charge in [-0.3, -0.25) is 4.90 Å². The van der Waals surface area contributed by atoms with Crippen molar-refractivity contribution in [2.24, 2.45) is 0 Å². The van der Waals surface area contributed by atoms with Gasteiger partial charge >= 0.3 is 0 Å². The second-order valence-electron chi connectivity index (χ2n) is 5.64. The van der Waals surface area contributed by atoms with Crippen molar-refractivity contribution in [1.82, 2.24) is 10.2 Å². The van der Waals surface area contributed by atoms with Gasteiger partial charge in [0.15, 0.2) is 0 Å². The zero-order valence-electron chi connectivity index (χ0n) is 13.4. The quantitative estimate of drug-likeness (QED) is 0.676. The van der Waals surface area contributed by atoms with Gasteiger partial charge in [-0.25, -0.2) is 0 Å². The SMILES string of the molecule is CC#CCC(NCCC)C(CC)(CC)N1CCCC1. The van der Waals surface area contributed by atoms with Crippen molar-refractivity contribution in [1.29, 1.82) is 0 Å². The fourth-order valence-electron chi connectivity index (χ4n) is 3.55. The van der Waals surface area contributed by atoms with E-state index < -0.39 is 0 Å². The van der Waals surface area contributed by atoms with Gasteiger partial charge in [0, 0.05) is 18.0 Å². The van der Waals surface area contributed by atoms with Crippen molar-refractivity contribution in [2.45, 2.75) is 77.8 Å². The van der Waals surface area contributed by atoms with E-state index in [0.717, 1.165) is 13.0 Å². The predicted molar refractivity (Wildman–Crippen MR) is 84.3 cm³/mol. The van der Waals surface area contributed by atoms with Crippen LogP contribution in [0.25, 0.3) is 0 Å². The minimum atomic E-state index is 0.301. The number of nitrogens with one attached hydrogen (secondary N) is 1. The van der Waals surface area contributed by atoms with Crippen LogP contribution in [0, 0.1) is 11.8 Å². The summed E-state index contributed by atoms with van der Waals surface area (Å²) < 4.78 is 0. The summed E-state index contributed by atoms with van der Waals surface area (Å²) in [6, 6.07) is 0.507. The Morgan fingerprint density at radius 2 is 1.79 bits per heavy atom. The molecule has 1 atom stereocenters. The van der Waals surface area contributed by atoms with E-state index >= 15 is 0 Å². The summed E-state index contributed by atoms with van der Waals surface area (Å²) in [6.45, 7) is 12.5. The summed E-state index contributed by atoms with van der Waals surface area (Å²) in [5, 5.41) is 3.78. The van der Waals surface area contributed by atoms with Crippen LogP contribution in [0.3, 0.4) is 0 Å². The highest BCUT2D eigenvalue weighted by atomic mass is 15.2. The van der Waals surface area contributed by atoms with Crippen molar-refractivity contribution in [3.8, 4) is 11.8 Å². The van der Waals surface area contributed by atoms with Gasteiger partial charge in [0.2, 0.25) is 0 Å². The average molecular weight is 264 g/mol. The van der Waals surface area contributed by atoms with Gasteiger partial charge in [-0.1, -0.05) is 20.8 Å². The Bertz CT molecular complexity index is 290. The van der Waals surface area contributed by atoms with Gasteiger partial charge in [0.25, 0.3) is 0 Å². The minimum Gasteiger partial charge on any atom is -0.311 e. The van der Waals surface area contributed by atoms with E-state index in [1.807, 2.05) is 6.92 Å². The molecule has 0 aromatic heterocycles. The van der Waals surface area contributed by atoms with Gasteiger partial charge in [0.1, 0.15) is 0 Å². The van der Waals surface area contributed by atoms with Crippen LogP contribution in [-0.4, -0.2) is 36.1 Å². The first-order valence-corrected chi connectivity index (χ1v) is 8.13. The molecule has 1 rings (SSSR count). The lowest BCUT2D eigenvalue weighted by molar-refractivity contribution is 0.0638. The molecule has 0 saturated carbocycles. The molecule has 0 spiro atoms. The van der Waals surface area contributed by atoms with E-state index in [9.17, 15) is 0 Å². The Kier molecular flexibility index (Phi) is 7.49. The molecule has 2 nitrogen and oxygen atoms in total. The van der Waals surface area contributed by atoms with Crippen LogP contribution in [0.15, 0.2) is 0 Å². The summed E-state index contributed by atoms with van der Waals surface area (Å²) >= 11 is 0. The van der Waals surface area contributed by atoms with E-state index in [4.69, 9.17) is 0 Å². The number of rotatable bonds is 8.